The molecule has 0 N–H and O–H groups in total. The van der Waals surface area contributed by atoms with Crippen molar-refractivity contribution >= 4 is 17.3 Å². The predicted molar refractivity (Wildman–Crippen MR) is 250 cm³/mol. The van der Waals surface area contributed by atoms with Crippen LogP contribution in [0.15, 0.2) is 128 Å². The van der Waals surface area contributed by atoms with Crippen LogP contribution < -0.4 is 14.5 Å². The van der Waals surface area contributed by atoms with Gasteiger partial charge in [-0.3, -0.25) is 4.79 Å². The first kappa shape index (κ1) is 49.6. The van der Waals surface area contributed by atoms with Crippen LogP contribution in [0.1, 0.15) is 90.7 Å². The number of carbonyl (C=O) groups is 1. The van der Waals surface area contributed by atoms with Crippen molar-refractivity contribution in [1.29, 1.82) is 0 Å². The Labute approximate surface area is 354 Å². The lowest BCUT2D eigenvalue weighted by atomic mass is 10.1. The molecule has 0 bridgehead atoms. The normalized spacial score (nSPS) is 17.6. The molecular weight excluding hydrogens is 715 g/mol. The monoisotopic (exact) mass is 792 g/mol. The Bertz CT molecular complexity index is 1560. The molecule has 3 saturated heterocycles. The molecular formula is C52H77N3O3. The fourth-order valence-electron chi connectivity index (χ4n) is 6.96. The van der Waals surface area contributed by atoms with Gasteiger partial charge in [-0.1, -0.05) is 119 Å². The number of likely N-dealkylation sites (tertiary alicyclic amines) is 1. The first-order valence-electron chi connectivity index (χ1n) is 22.1. The SMILES string of the molecule is C=C.CC.CC.CC1CCN(c2ccccc2)C1.COC(=O)C1CCN(c2ccccc2)C1.Cc1ccccc1.c1cc(OC2CC2)ccc1CCCN1CCCC1. The molecule has 8 rings (SSSR count). The average Bonchev–Trinajstić information content (AvgIpc) is 3.62. The molecule has 0 amide bonds. The molecule has 0 aromatic heterocycles. The van der Waals surface area contributed by atoms with Gasteiger partial charge in [-0.15, -0.1) is 13.2 Å². The minimum Gasteiger partial charge on any atom is -0.490 e. The number of esters is 1. The minimum absolute atomic E-state index is 0.0372. The van der Waals surface area contributed by atoms with Gasteiger partial charge in [0, 0.05) is 37.6 Å². The van der Waals surface area contributed by atoms with E-state index < -0.39 is 0 Å². The van der Waals surface area contributed by atoms with E-state index in [-0.39, 0.29) is 11.9 Å². The second-order valence-corrected chi connectivity index (χ2v) is 14.7. The third kappa shape index (κ3) is 19.7. The lowest BCUT2D eigenvalue weighted by molar-refractivity contribution is -0.144. The standard InChI is InChI=1S/C16H23NO.C12H15NO2.C11H15N.C7H8.2C2H6.C2H4/c1-2-12-17(11-1)13-3-4-14-5-7-15(8-6-14)18-16-9-10-16;1-15-12(14)10-7-8-13(9-10)11-5-3-2-4-6-11;1-10-7-8-12(9-10)11-5-3-2-4-6-11;1-7-5-3-2-4-6-7;3*1-2/h5-8,16H,1-4,9-13H2;2-6,10H,7-9H2,1H3;2-6,10H,7-9H2,1H3;2-6H,1H3;2*1-2H3;1-2H2. The number of anilines is 2. The topological polar surface area (TPSA) is 45.3 Å². The van der Waals surface area contributed by atoms with E-state index in [9.17, 15) is 4.79 Å². The second kappa shape index (κ2) is 30.5. The van der Waals surface area contributed by atoms with Crippen LogP contribution in [-0.4, -0.2) is 69.9 Å². The van der Waals surface area contributed by atoms with Gasteiger partial charge in [-0.2, -0.15) is 0 Å². The van der Waals surface area contributed by atoms with E-state index in [0.29, 0.717) is 6.10 Å². The molecule has 4 fully saturated rings. The largest absolute Gasteiger partial charge is 0.490 e. The predicted octanol–water partition coefficient (Wildman–Crippen LogP) is 12.3. The van der Waals surface area contributed by atoms with E-state index in [2.05, 4.69) is 121 Å². The summed E-state index contributed by atoms with van der Waals surface area (Å²) in [5.41, 5.74) is 5.32. The Hall–Kier alpha value is -4.55. The fraction of sp³-hybridized carbons (Fsp3) is 0.481. The van der Waals surface area contributed by atoms with E-state index >= 15 is 0 Å². The zero-order valence-electron chi connectivity index (χ0n) is 37.3. The second-order valence-electron chi connectivity index (χ2n) is 14.7. The number of carbonyl (C=O) groups excluding carboxylic acids is 1. The molecule has 4 aliphatic rings. The Morgan fingerprint density at radius 2 is 1.16 bits per heavy atom. The van der Waals surface area contributed by atoms with Crippen LogP contribution in [0.3, 0.4) is 0 Å². The van der Waals surface area contributed by atoms with Gasteiger partial charge in [0.05, 0.1) is 19.1 Å². The number of hydrogen-bond acceptors (Lipinski definition) is 6. The van der Waals surface area contributed by atoms with Gasteiger partial charge in [0.15, 0.2) is 0 Å². The first-order valence-corrected chi connectivity index (χ1v) is 22.1. The molecule has 3 heterocycles. The van der Waals surface area contributed by atoms with Crippen molar-refractivity contribution in [3.8, 4) is 5.75 Å². The summed E-state index contributed by atoms with van der Waals surface area (Å²) in [5, 5.41) is 0. The third-order valence-electron chi connectivity index (χ3n) is 10.2. The molecule has 6 nitrogen and oxygen atoms in total. The van der Waals surface area contributed by atoms with Crippen LogP contribution >= 0.6 is 0 Å². The van der Waals surface area contributed by atoms with Crippen LogP contribution in [0.5, 0.6) is 5.75 Å². The van der Waals surface area contributed by atoms with E-state index in [4.69, 9.17) is 9.47 Å². The number of benzene rings is 4. The van der Waals surface area contributed by atoms with Crippen molar-refractivity contribution < 1.29 is 14.3 Å². The summed E-state index contributed by atoms with van der Waals surface area (Å²) in [7, 11) is 1.45. The number of aryl methyl sites for hydroxylation is 2. The zero-order valence-corrected chi connectivity index (χ0v) is 37.3. The highest BCUT2D eigenvalue weighted by Gasteiger charge is 2.29. The summed E-state index contributed by atoms with van der Waals surface area (Å²) in [6.45, 7) is 26.5. The Morgan fingerprint density at radius 3 is 1.60 bits per heavy atom. The van der Waals surface area contributed by atoms with Gasteiger partial charge in [0.2, 0.25) is 0 Å². The lowest BCUT2D eigenvalue weighted by Gasteiger charge is -2.17. The Balaban J connectivity index is 0.000000265. The van der Waals surface area contributed by atoms with Gasteiger partial charge in [-0.25, -0.2) is 0 Å². The number of methoxy groups -OCH3 is 1. The quantitative estimate of drug-likeness (QED) is 0.124. The van der Waals surface area contributed by atoms with Gasteiger partial charge < -0.3 is 24.2 Å². The molecule has 58 heavy (non-hydrogen) atoms. The zero-order chi connectivity index (χ0) is 42.4. The summed E-state index contributed by atoms with van der Waals surface area (Å²) in [4.78, 5) is 18.6. The van der Waals surface area contributed by atoms with Crippen molar-refractivity contribution in [3.05, 3.63) is 140 Å². The van der Waals surface area contributed by atoms with E-state index in [1.807, 2.05) is 64.1 Å². The van der Waals surface area contributed by atoms with Crippen LogP contribution in [-0.2, 0) is 16.0 Å². The minimum atomic E-state index is -0.0894. The maximum atomic E-state index is 11.3. The molecule has 0 radical (unpaired) electrons. The molecule has 2 unspecified atom stereocenters. The molecule has 1 saturated carbocycles. The van der Waals surface area contributed by atoms with Crippen LogP contribution in [0.2, 0.25) is 0 Å². The number of rotatable bonds is 9. The number of para-hydroxylation sites is 2. The van der Waals surface area contributed by atoms with Crippen LogP contribution in [0, 0.1) is 18.8 Å². The van der Waals surface area contributed by atoms with Crippen LogP contribution in [0.25, 0.3) is 0 Å². The number of nitrogens with zero attached hydrogens (tertiary/aromatic N) is 3. The Morgan fingerprint density at radius 1 is 0.655 bits per heavy atom. The number of ether oxygens (including phenoxy) is 2. The highest BCUT2D eigenvalue weighted by Crippen LogP contribution is 2.27. The molecule has 318 valence electrons. The summed E-state index contributed by atoms with van der Waals surface area (Å²) in [5.74, 6) is 1.86. The van der Waals surface area contributed by atoms with Crippen LogP contribution in [0.4, 0.5) is 11.4 Å². The number of hydrogen-bond donors (Lipinski definition) is 0. The molecule has 6 heteroatoms. The molecule has 3 aliphatic heterocycles. The first-order chi connectivity index (χ1) is 28.5. The van der Waals surface area contributed by atoms with Gasteiger partial charge in [-0.05, 0) is 126 Å². The third-order valence-corrected chi connectivity index (χ3v) is 10.2. The van der Waals surface area contributed by atoms with E-state index in [1.165, 1.54) is 107 Å². The van der Waals surface area contributed by atoms with Crippen molar-refractivity contribution in [2.24, 2.45) is 11.8 Å². The Kier molecular flexibility index (Phi) is 26.1. The molecule has 4 aromatic rings. The lowest BCUT2D eigenvalue weighted by Crippen LogP contribution is -2.23. The summed E-state index contributed by atoms with van der Waals surface area (Å²) in [6, 6.07) is 39.8. The van der Waals surface area contributed by atoms with Crippen molar-refractivity contribution in [1.82, 2.24) is 4.90 Å². The van der Waals surface area contributed by atoms with Crippen molar-refractivity contribution in [3.63, 3.8) is 0 Å². The summed E-state index contributed by atoms with van der Waals surface area (Å²) < 4.78 is 10.5. The van der Waals surface area contributed by atoms with Crippen molar-refractivity contribution in [2.75, 3.05) is 62.7 Å². The summed E-state index contributed by atoms with van der Waals surface area (Å²) >= 11 is 0. The van der Waals surface area contributed by atoms with Gasteiger partial charge in [0.25, 0.3) is 0 Å². The molecule has 2 atom stereocenters. The summed E-state index contributed by atoms with van der Waals surface area (Å²) in [6.07, 6.45) is 10.5. The highest BCUT2D eigenvalue weighted by atomic mass is 16.5. The van der Waals surface area contributed by atoms with E-state index in [1.54, 1.807) is 0 Å². The van der Waals surface area contributed by atoms with E-state index in [0.717, 1.165) is 31.2 Å². The maximum Gasteiger partial charge on any atom is 0.310 e. The fourth-order valence-corrected chi connectivity index (χ4v) is 6.96. The van der Waals surface area contributed by atoms with Crippen molar-refractivity contribution in [2.45, 2.75) is 99.0 Å². The smallest absolute Gasteiger partial charge is 0.310 e. The van der Waals surface area contributed by atoms with Gasteiger partial charge >= 0.3 is 5.97 Å². The molecule has 0 spiro atoms. The average molecular weight is 792 g/mol. The molecule has 1 aliphatic carbocycles. The van der Waals surface area contributed by atoms with Gasteiger partial charge in [0.1, 0.15) is 5.75 Å². The molecule has 4 aromatic carbocycles. The highest BCUT2D eigenvalue weighted by molar-refractivity contribution is 5.74. The maximum absolute atomic E-state index is 11.3.